The van der Waals surface area contributed by atoms with Crippen LogP contribution in [0.5, 0.6) is 11.5 Å². The van der Waals surface area contributed by atoms with E-state index in [1.807, 2.05) is 61.5 Å². The lowest BCUT2D eigenvalue weighted by atomic mass is 10.0. The summed E-state index contributed by atoms with van der Waals surface area (Å²) >= 11 is 3.53. The van der Waals surface area contributed by atoms with E-state index in [1.54, 1.807) is 19.1 Å². The summed E-state index contributed by atoms with van der Waals surface area (Å²) in [4.78, 5) is 28.2. The zero-order chi connectivity index (χ0) is 24.2. The first-order valence-electron chi connectivity index (χ1n) is 11.2. The summed E-state index contributed by atoms with van der Waals surface area (Å²) in [7, 11) is 3.35. The number of para-hydroxylation sites is 2. The monoisotopic (exact) mass is 525 g/mol. The molecule has 3 aromatic carbocycles. The third-order valence-corrected chi connectivity index (χ3v) is 6.60. The Labute approximate surface area is 207 Å². The number of ether oxygens (including phenoxy) is 2. The molecule has 4 rings (SSSR count). The molecule has 7 nitrogen and oxygen atoms in total. The molecule has 0 spiro atoms. The number of nitrogens with zero attached hydrogens (tertiary/aromatic N) is 1. The maximum atomic E-state index is 13.8. The Balaban J connectivity index is 1.76. The van der Waals surface area contributed by atoms with Crippen LogP contribution in [0, 0.1) is 0 Å². The summed E-state index contributed by atoms with van der Waals surface area (Å²) in [5.74, 6) is 0.813. The molecule has 2 atom stereocenters. The van der Waals surface area contributed by atoms with Crippen LogP contribution in [0.3, 0.4) is 0 Å². The van der Waals surface area contributed by atoms with E-state index in [2.05, 4.69) is 26.6 Å². The molecule has 0 bridgehead atoms. The van der Waals surface area contributed by atoms with Gasteiger partial charge in [-0.15, -0.1) is 0 Å². The van der Waals surface area contributed by atoms with Gasteiger partial charge in [0.15, 0.2) is 0 Å². The summed E-state index contributed by atoms with van der Waals surface area (Å²) in [6, 6.07) is 16.1. The van der Waals surface area contributed by atoms with Gasteiger partial charge in [0.25, 0.3) is 5.91 Å². The van der Waals surface area contributed by atoms with Crippen molar-refractivity contribution in [2.45, 2.75) is 32.0 Å². The van der Waals surface area contributed by atoms with Gasteiger partial charge in [0, 0.05) is 10.0 Å². The molecule has 2 N–H and O–H groups in total. The van der Waals surface area contributed by atoms with E-state index in [1.165, 1.54) is 0 Å². The first-order chi connectivity index (χ1) is 16.5. The van der Waals surface area contributed by atoms with E-state index >= 15 is 0 Å². The standard InChI is InChI=1S/C26H28BrN3O4/c1-4-20(28-2)25(31)29-21-15-34-24-8-6-5-7-22(24)30(26(21)32)14-19-18-11-10-17(27)13-16(18)9-12-23(19)33-3/h5-13,20-21,28H,4,14-15H2,1-3H3,(H,29,31). The van der Waals surface area contributed by atoms with Crippen LogP contribution >= 0.6 is 15.9 Å². The molecular formula is C26H28BrN3O4. The topological polar surface area (TPSA) is 79.9 Å². The number of fused-ring (bicyclic) bond motifs is 2. The highest BCUT2D eigenvalue weighted by Gasteiger charge is 2.34. The van der Waals surface area contributed by atoms with Gasteiger partial charge in [-0.05, 0) is 54.6 Å². The summed E-state index contributed by atoms with van der Waals surface area (Å²) in [6.45, 7) is 2.23. The van der Waals surface area contributed by atoms with Crippen molar-refractivity contribution in [3.63, 3.8) is 0 Å². The second-order valence-corrected chi connectivity index (χ2v) is 9.04. The second kappa shape index (κ2) is 10.4. The smallest absolute Gasteiger partial charge is 0.253 e. The molecule has 0 fully saturated rings. The van der Waals surface area contributed by atoms with Crippen molar-refractivity contribution in [1.29, 1.82) is 0 Å². The summed E-state index contributed by atoms with van der Waals surface area (Å²) in [5.41, 5.74) is 1.53. The lowest BCUT2D eigenvalue weighted by molar-refractivity contribution is -0.129. The van der Waals surface area contributed by atoms with Gasteiger partial charge in [-0.3, -0.25) is 9.59 Å². The van der Waals surface area contributed by atoms with E-state index in [0.717, 1.165) is 20.8 Å². The molecule has 3 aromatic rings. The van der Waals surface area contributed by atoms with Gasteiger partial charge in [0.05, 0.1) is 25.4 Å². The molecule has 0 saturated heterocycles. The molecule has 34 heavy (non-hydrogen) atoms. The molecule has 178 valence electrons. The van der Waals surface area contributed by atoms with Crippen molar-refractivity contribution < 1.29 is 19.1 Å². The van der Waals surface area contributed by atoms with Gasteiger partial charge < -0.3 is 25.0 Å². The molecular weight excluding hydrogens is 498 g/mol. The number of amides is 2. The molecule has 2 unspecified atom stereocenters. The predicted molar refractivity (Wildman–Crippen MR) is 136 cm³/mol. The van der Waals surface area contributed by atoms with Crippen molar-refractivity contribution in [3.05, 3.63) is 64.6 Å². The number of nitrogens with one attached hydrogen (secondary N) is 2. The maximum absolute atomic E-state index is 13.8. The second-order valence-electron chi connectivity index (χ2n) is 8.13. The van der Waals surface area contributed by atoms with Crippen molar-refractivity contribution in [3.8, 4) is 11.5 Å². The molecule has 0 saturated carbocycles. The minimum absolute atomic E-state index is 0.0534. The van der Waals surface area contributed by atoms with Gasteiger partial charge in [0.2, 0.25) is 5.91 Å². The number of likely N-dealkylation sites (N-methyl/N-ethyl adjacent to an activating group) is 1. The van der Waals surface area contributed by atoms with Crippen LogP contribution in [0.4, 0.5) is 5.69 Å². The van der Waals surface area contributed by atoms with E-state index in [4.69, 9.17) is 9.47 Å². The molecule has 1 heterocycles. The van der Waals surface area contributed by atoms with Gasteiger partial charge in [0.1, 0.15) is 24.1 Å². The number of carbonyl (C=O) groups excluding carboxylic acids is 2. The summed E-state index contributed by atoms with van der Waals surface area (Å²) in [5, 5.41) is 7.88. The Morgan fingerprint density at radius 2 is 2.03 bits per heavy atom. The van der Waals surface area contributed by atoms with E-state index in [9.17, 15) is 9.59 Å². The lowest BCUT2D eigenvalue weighted by Crippen LogP contribution is -2.54. The van der Waals surface area contributed by atoms with Crippen molar-refractivity contribution >= 4 is 44.2 Å². The number of methoxy groups -OCH3 is 1. The molecule has 0 aromatic heterocycles. The first-order valence-corrected chi connectivity index (χ1v) is 12.0. The number of hydrogen-bond acceptors (Lipinski definition) is 5. The third kappa shape index (κ3) is 4.74. The van der Waals surface area contributed by atoms with Crippen molar-refractivity contribution in [2.75, 3.05) is 25.7 Å². The average molecular weight is 526 g/mol. The van der Waals surface area contributed by atoms with Crippen LogP contribution < -0.4 is 25.0 Å². The van der Waals surface area contributed by atoms with Crippen LogP contribution in [-0.2, 0) is 16.1 Å². The average Bonchev–Trinajstić information content (AvgIpc) is 2.97. The van der Waals surface area contributed by atoms with Crippen LogP contribution in [0.15, 0.2) is 59.1 Å². The fourth-order valence-electron chi connectivity index (χ4n) is 4.27. The van der Waals surface area contributed by atoms with Crippen molar-refractivity contribution in [1.82, 2.24) is 10.6 Å². The van der Waals surface area contributed by atoms with E-state index in [-0.39, 0.29) is 31.0 Å². The molecule has 0 aliphatic carbocycles. The number of carbonyl (C=O) groups is 2. The number of halogens is 1. The van der Waals surface area contributed by atoms with Crippen LogP contribution in [0.1, 0.15) is 18.9 Å². The van der Waals surface area contributed by atoms with E-state index in [0.29, 0.717) is 23.6 Å². The Kier molecular flexibility index (Phi) is 7.38. The number of benzene rings is 3. The third-order valence-electron chi connectivity index (χ3n) is 6.10. The molecule has 0 radical (unpaired) electrons. The minimum Gasteiger partial charge on any atom is -0.496 e. The largest absolute Gasteiger partial charge is 0.496 e. The lowest BCUT2D eigenvalue weighted by Gasteiger charge is -2.27. The van der Waals surface area contributed by atoms with E-state index < -0.39 is 6.04 Å². The minimum atomic E-state index is -0.822. The van der Waals surface area contributed by atoms with Gasteiger partial charge in [-0.2, -0.15) is 0 Å². The van der Waals surface area contributed by atoms with Crippen LogP contribution in [-0.4, -0.2) is 44.7 Å². The summed E-state index contributed by atoms with van der Waals surface area (Å²) < 4.78 is 12.6. The predicted octanol–water partition coefficient (Wildman–Crippen LogP) is 4.02. The highest BCUT2D eigenvalue weighted by molar-refractivity contribution is 9.10. The molecule has 1 aliphatic heterocycles. The molecule has 8 heteroatoms. The maximum Gasteiger partial charge on any atom is 0.253 e. The van der Waals surface area contributed by atoms with Gasteiger partial charge in [-0.25, -0.2) is 0 Å². The normalized spacial score (nSPS) is 16.4. The zero-order valence-corrected chi connectivity index (χ0v) is 21.0. The zero-order valence-electron chi connectivity index (χ0n) is 19.4. The quantitative estimate of drug-likeness (QED) is 0.487. The highest BCUT2D eigenvalue weighted by Crippen LogP contribution is 2.36. The molecule has 1 aliphatic rings. The Bertz CT molecular complexity index is 1210. The Hall–Kier alpha value is -3.10. The van der Waals surface area contributed by atoms with Crippen molar-refractivity contribution in [2.24, 2.45) is 0 Å². The Morgan fingerprint density at radius 1 is 1.24 bits per heavy atom. The molecule has 2 amide bonds. The first kappa shape index (κ1) is 24.0. The number of rotatable bonds is 7. The van der Waals surface area contributed by atoms with Crippen LogP contribution in [0.25, 0.3) is 10.8 Å². The fraction of sp³-hybridized carbons (Fsp3) is 0.308. The SMILES string of the molecule is CCC(NC)C(=O)NC1COc2ccccc2N(Cc2c(OC)ccc3cc(Br)ccc23)C1=O. The number of hydrogen-bond donors (Lipinski definition) is 2. The van der Waals surface area contributed by atoms with Gasteiger partial charge in [-0.1, -0.05) is 47.1 Å². The fourth-order valence-corrected chi connectivity index (χ4v) is 4.65. The Morgan fingerprint density at radius 3 is 2.76 bits per heavy atom. The van der Waals surface area contributed by atoms with Gasteiger partial charge >= 0.3 is 0 Å². The highest BCUT2D eigenvalue weighted by atomic mass is 79.9. The summed E-state index contributed by atoms with van der Waals surface area (Å²) in [6.07, 6.45) is 0.608. The van der Waals surface area contributed by atoms with Crippen LogP contribution in [0.2, 0.25) is 0 Å². The number of anilines is 1.